The molecule has 0 aliphatic carbocycles. The van der Waals surface area contributed by atoms with E-state index in [2.05, 4.69) is 45.7 Å². The molecule has 0 aromatic carbocycles. The van der Waals surface area contributed by atoms with E-state index in [1.807, 2.05) is 0 Å². The van der Waals surface area contributed by atoms with Crippen molar-refractivity contribution in [3.05, 3.63) is 11.1 Å². The van der Waals surface area contributed by atoms with Crippen LogP contribution < -0.4 is 29.6 Å². The predicted molar refractivity (Wildman–Crippen MR) is 62.9 cm³/mol. The van der Waals surface area contributed by atoms with Crippen LogP contribution in [0.15, 0.2) is 11.1 Å². The van der Waals surface area contributed by atoms with Crippen molar-refractivity contribution in [2.75, 3.05) is 6.61 Å². The molecule has 1 heterocycles. The third kappa shape index (κ3) is 7.65. The zero-order chi connectivity index (χ0) is 10.6. The molecule has 4 nitrogen and oxygen atoms in total. The van der Waals surface area contributed by atoms with E-state index >= 15 is 0 Å². The van der Waals surface area contributed by atoms with Gasteiger partial charge in [0, 0.05) is 14.7 Å². The van der Waals surface area contributed by atoms with Gasteiger partial charge in [0.25, 0.3) is 0 Å². The van der Waals surface area contributed by atoms with Crippen molar-refractivity contribution in [3.8, 4) is 0 Å². The number of rotatable bonds is 5. The van der Waals surface area contributed by atoms with Gasteiger partial charge in [0.05, 0.1) is 0 Å². The molecular weight excluding hydrogens is 285 g/mol. The van der Waals surface area contributed by atoms with Crippen molar-refractivity contribution < 1.29 is 35.7 Å². The second kappa shape index (κ2) is 7.19. The molecule has 0 saturated carbocycles. The molecule has 1 aromatic rings. The number of hydrogen-bond donors (Lipinski definition) is 0. The summed E-state index contributed by atoms with van der Waals surface area (Å²) in [6.07, 6.45) is 1.65. The van der Waals surface area contributed by atoms with E-state index in [1.165, 1.54) is 6.04 Å². The molecular formula is C8H17BrN3NaOSi. The van der Waals surface area contributed by atoms with Crippen LogP contribution in [-0.2, 0) is 11.5 Å². The van der Waals surface area contributed by atoms with Gasteiger partial charge in [-0.25, -0.2) is 9.67 Å². The molecule has 0 unspecified atom stereocenters. The van der Waals surface area contributed by atoms with Crippen LogP contribution in [-0.4, -0.2) is 29.4 Å². The Morgan fingerprint density at radius 1 is 1.53 bits per heavy atom. The quantitative estimate of drug-likeness (QED) is 0.542. The molecule has 0 saturated heterocycles. The minimum Gasteiger partial charge on any atom is -1.00 e. The first-order chi connectivity index (χ1) is 6.47. The fourth-order valence-electron chi connectivity index (χ4n) is 0.871. The summed E-state index contributed by atoms with van der Waals surface area (Å²) in [6.45, 7) is 8.31. The van der Waals surface area contributed by atoms with Crippen LogP contribution in [0.3, 0.4) is 0 Å². The Morgan fingerprint density at radius 3 is 2.67 bits per heavy atom. The van der Waals surface area contributed by atoms with Crippen LogP contribution >= 0.6 is 15.9 Å². The van der Waals surface area contributed by atoms with Crippen molar-refractivity contribution in [2.45, 2.75) is 32.4 Å². The van der Waals surface area contributed by atoms with E-state index in [0.29, 0.717) is 11.5 Å². The molecule has 82 valence electrons. The first-order valence-corrected chi connectivity index (χ1v) is 9.10. The molecule has 1 aromatic heterocycles. The van der Waals surface area contributed by atoms with E-state index in [0.717, 1.165) is 6.61 Å². The minimum atomic E-state index is -0.970. The van der Waals surface area contributed by atoms with Gasteiger partial charge in [0.2, 0.25) is 4.73 Å². The molecule has 0 N–H and O–H groups in total. The van der Waals surface area contributed by atoms with E-state index in [9.17, 15) is 0 Å². The maximum absolute atomic E-state index is 5.48. The molecule has 0 spiro atoms. The Labute approximate surface area is 124 Å². The number of hydrogen-bond acceptors (Lipinski definition) is 3. The van der Waals surface area contributed by atoms with Crippen molar-refractivity contribution in [1.29, 1.82) is 0 Å². The first kappa shape index (κ1) is 15.8. The maximum Gasteiger partial charge on any atom is 1.00 e. The summed E-state index contributed by atoms with van der Waals surface area (Å²) < 4.78 is 7.76. The van der Waals surface area contributed by atoms with E-state index in [1.54, 1.807) is 11.0 Å². The Hall–Kier alpha value is 0.797. The van der Waals surface area contributed by atoms with Crippen LogP contribution in [0.25, 0.3) is 0 Å². The molecule has 0 amide bonds. The standard InChI is InChI=1S/C8H16BrN3OSi.Na.H/c1-14(2,3)5-4-13-7-12-6-10-8(9)11-12;;/h6H,4-5,7H2,1-3H3;;/q;+1;-1. The number of nitrogens with zero attached hydrogens (tertiary/aromatic N) is 3. The van der Waals surface area contributed by atoms with Crippen LogP contribution in [0.1, 0.15) is 1.43 Å². The summed E-state index contributed by atoms with van der Waals surface area (Å²) >= 11 is 3.18. The van der Waals surface area contributed by atoms with Crippen LogP contribution in [0, 0.1) is 0 Å². The zero-order valence-corrected chi connectivity index (χ0v) is 14.4. The van der Waals surface area contributed by atoms with E-state index < -0.39 is 8.07 Å². The molecule has 0 aliphatic rings. The summed E-state index contributed by atoms with van der Waals surface area (Å²) in [5, 5.41) is 4.05. The van der Waals surface area contributed by atoms with Crippen LogP contribution in [0.2, 0.25) is 25.7 Å². The second-order valence-electron chi connectivity index (χ2n) is 4.40. The Morgan fingerprint density at radius 2 is 2.20 bits per heavy atom. The van der Waals surface area contributed by atoms with Crippen LogP contribution in [0.5, 0.6) is 0 Å². The third-order valence-corrected chi connectivity index (χ3v) is 3.80. The normalized spacial score (nSPS) is 11.2. The van der Waals surface area contributed by atoms with Gasteiger partial charge in [0.15, 0.2) is 0 Å². The largest absolute Gasteiger partial charge is 1.00 e. The van der Waals surface area contributed by atoms with Gasteiger partial charge in [-0.15, -0.1) is 5.10 Å². The minimum absolute atomic E-state index is 0. The van der Waals surface area contributed by atoms with Crippen molar-refractivity contribution in [3.63, 3.8) is 0 Å². The molecule has 0 radical (unpaired) electrons. The van der Waals surface area contributed by atoms with Crippen LogP contribution in [0.4, 0.5) is 0 Å². The molecule has 7 heteroatoms. The average Bonchev–Trinajstić information content (AvgIpc) is 2.44. The smallest absolute Gasteiger partial charge is 1.00 e. The Kier molecular flexibility index (Phi) is 7.57. The fourth-order valence-corrected chi connectivity index (χ4v) is 1.92. The number of ether oxygens (including phenoxy) is 1. The third-order valence-electron chi connectivity index (χ3n) is 1.73. The Balaban J connectivity index is 0. The second-order valence-corrected chi connectivity index (χ2v) is 10.7. The van der Waals surface area contributed by atoms with Gasteiger partial charge in [-0.1, -0.05) is 19.6 Å². The Bertz CT molecular complexity index is 295. The van der Waals surface area contributed by atoms with Crippen molar-refractivity contribution in [2.24, 2.45) is 0 Å². The van der Waals surface area contributed by atoms with Gasteiger partial charge in [0.1, 0.15) is 13.1 Å². The monoisotopic (exact) mass is 301 g/mol. The van der Waals surface area contributed by atoms with Gasteiger partial charge in [-0.2, -0.15) is 0 Å². The summed E-state index contributed by atoms with van der Waals surface area (Å²) in [6, 6.07) is 1.18. The molecule has 15 heavy (non-hydrogen) atoms. The summed E-state index contributed by atoms with van der Waals surface area (Å²) in [5.74, 6) is 0. The topological polar surface area (TPSA) is 39.9 Å². The summed E-state index contributed by atoms with van der Waals surface area (Å²) in [4.78, 5) is 3.94. The average molecular weight is 302 g/mol. The van der Waals surface area contributed by atoms with Gasteiger partial charge in [-0.05, 0) is 22.0 Å². The van der Waals surface area contributed by atoms with E-state index in [4.69, 9.17) is 4.74 Å². The van der Waals surface area contributed by atoms with Gasteiger partial charge >= 0.3 is 29.6 Å². The van der Waals surface area contributed by atoms with E-state index in [-0.39, 0.29) is 31.0 Å². The molecule has 0 fully saturated rings. The molecule has 0 bridgehead atoms. The summed E-state index contributed by atoms with van der Waals surface area (Å²) in [7, 11) is -0.970. The van der Waals surface area contributed by atoms with Gasteiger partial charge in [-0.3, -0.25) is 0 Å². The SMILES string of the molecule is C[Si](C)(C)CCOCn1cnc(Br)n1.[H-].[Na+]. The number of halogens is 1. The number of aromatic nitrogens is 3. The molecule has 0 aliphatic heterocycles. The predicted octanol–water partition coefficient (Wildman–Crippen LogP) is -0.531. The van der Waals surface area contributed by atoms with Gasteiger partial charge < -0.3 is 6.16 Å². The van der Waals surface area contributed by atoms with Crippen molar-refractivity contribution in [1.82, 2.24) is 14.8 Å². The molecule has 1 rings (SSSR count). The first-order valence-electron chi connectivity index (χ1n) is 4.60. The van der Waals surface area contributed by atoms with Crippen molar-refractivity contribution >= 4 is 24.0 Å². The fraction of sp³-hybridized carbons (Fsp3) is 0.750. The molecule has 0 atom stereocenters. The summed E-state index contributed by atoms with van der Waals surface area (Å²) in [5.41, 5.74) is 0. The zero-order valence-electron chi connectivity index (χ0n) is 10.8. The maximum atomic E-state index is 5.48.